The monoisotopic (exact) mass is 531 g/mol. The highest BCUT2D eigenvalue weighted by Crippen LogP contribution is 2.40. The Bertz CT molecular complexity index is 1960. The molecule has 0 atom stereocenters. The Morgan fingerprint density at radius 3 is 1.85 bits per heavy atom. The second-order valence-electron chi connectivity index (χ2n) is 10.0. The quantitative estimate of drug-likeness (QED) is 0.213. The summed E-state index contributed by atoms with van der Waals surface area (Å²) in [6.45, 7) is 0. The van der Waals surface area contributed by atoms with Gasteiger partial charge in [-0.15, -0.1) is 0 Å². The lowest BCUT2D eigenvalue weighted by molar-refractivity contribution is 0.426. The molecule has 0 spiro atoms. The minimum Gasteiger partial charge on any atom is -0.456 e. The smallest absolute Gasteiger partial charge is 0.456 e. The summed E-state index contributed by atoms with van der Waals surface area (Å²) in [5, 5.41) is 21.5. The van der Waals surface area contributed by atoms with Gasteiger partial charge < -0.3 is 19.4 Å². The van der Waals surface area contributed by atoms with Crippen molar-refractivity contribution in [2.45, 2.75) is 0 Å². The number of hydrogen-bond acceptors (Lipinski definition) is 4. The second-order valence-corrected chi connectivity index (χ2v) is 10.0. The van der Waals surface area contributed by atoms with E-state index in [0.717, 1.165) is 61.3 Å². The van der Waals surface area contributed by atoms with E-state index in [2.05, 4.69) is 77.7 Å². The summed E-state index contributed by atoms with van der Waals surface area (Å²) in [5.74, 6) is 0. The fourth-order valence-corrected chi connectivity index (χ4v) is 5.50. The molecule has 2 N–H and O–H groups in total. The average Bonchev–Trinajstić information content (AvgIpc) is 3.41. The van der Waals surface area contributed by atoms with Gasteiger partial charge in [-0.05, 0) is 76.2 Å². The molecule has 0 radical (unpaired) electrons. The van der Waals surface area contributed by atoms with Crippen LogP contribution in [0.4, 0.5) is 17.1 Å². The van der Waals surface area contributed by atoms with Crippen molar-refractivity contribution < 1.29 is 14.5 Å². The highest BCUT2D eigenvalue weighted by Gasteiger charge is 2.18. The average molecular weight is 531 g/mol. The first-order chi connectivity index (χ1) is 20.2. The van der Waals surface area contributed by atoms with Gasteiger partial charge in [0.2, 0.25) is 0 Å². The Morgan fingerprint density at radius 2 is 1.10 bits per heavy atom. The van der Waals surface area contributed by atoms with Crippen molar-refractivity contribution in [2.24, 2.45) is 0 Å². The molecule has 0 aliphatic carbocycles. The SMILES string of the molecule is OB(O)c1ccc(N(c2ccc(-c3ccccc3)cc2)c2cccc(-c3cccc4oc5ccccc5c34)c2)cc1. The van der Waals surface area contributed by atoms with Crippen LogP contribution in [-0.2, 0) is 0 Å². The van der Waals surface area contributed by atoms with Crippen molar-refractivity contribution in [1.29, 1.82) is 0 Å². The lowest BCUT2D eigenvalue weighted by Gasteiger charge is -2.26. The van der Waals surface area contributed by atoms with E-state index in [0.29, 0.717) is 5.46 Å². The molecule has 196 valence electrons. The van der Waals surface area contributed by atoms with Crippen LogP contribution in [0.1, 0.15) is 0 Å². The van der Waals surface area contributed by atoms with Gasteiger partial charge in [0.15, 0.2) is 0 Å². The Labute approximate surface area is 238 Å². The van der Waals surface area contributed by atoms with Gasteiger partial charge in [-0.2, -0.15) is 0 Å². The minimum absolute atomic E-state index is 0.445. The zero-order valence-electron chi connectivity index (χ0n) is 22.2. The first-order valence-corrected chi connectivity index (χ1v) is 13.6. The van der Waals surface area contributed by atoms with E-state index in [1.54, 1.807) is 12.1 Å². The number of rotatable bonds is 6. The predicted octanol–water partition coefficient (Wildman–Crippen LogP) is 8.07. The van der Waals surface area contributed by atoms with Crippen LogP contribution in [0, 0.1) is 0 Å². The molecule has 7 rings (SSSR count). The standard InChI is InChI=1S/C36H26BNO3/c39-37(40)28-18-22-30(23-19-28)38(29-20-16-26(17-21-29)25-8-2-1-3-9-25)31-11-6-10-27(24-31)32-13-7-15-35-36(32)33-12-4-5-14-34(33)41-35/h1-24,39-40H. The Morgan fingerprint density at radius 1 is 0.488 bits per heavy atom. The lowest BCUT2D eigenvalue weighted by atomic mass is 9.80. The van der Waals surface area contributed by atoms with Crippen LogP contribution in [-0.4, -0.2) is 17.2 Å². The normalized spacial score (nSPS) is 11.2. The summed E-state index contributed by atoms with van der Waals surface area (Å²) in [6, 6.07) is 48.9. The first-order valence-electron chi connectivity index (χ1n) is 13.6. The molecule has 41 heavy (non-hydrogen) atoms. The summed E-state index contributed by atoms with van der Waals surface area (Å²) >= 11 is 0. The van der Waals surface area contributed by atoms with Gasteiger partial charge in [0.25, 0.3) is 0 Å². The Hall–Kier alpha value is -5.10. The number of fused-ring (bicyclic) bond motifs is 3. The van der Waals surface area contributed by atoms with Crippen LogP contribution in [0.3, 0.4) is 0 Å². The van der Waals surface area contributed by atoms with Crippen LogP contribution < -0.4 is 10.4 Å². The van der Waals surface area contributed by atoms with Gasteiger partial charge in [-0.25, -0.2) is 0 Å². The van der Waals surface area contributed by atoms with Gasteiger partial charge in [-0.1, -0.05) is 97.1 Å². The van der Waals surface area contributed by atoms with Crippen molar-refractivity contribution in [3.8, 4) is 22.3 Å². The molecule has 0 saturated carbocycles. The molecular formula is C36H26BNO3. The summed E-state index contributed by atoms with van der Waals surface area (Å²) < 4.78 is 6.16. The van der Waals surface area contributed by atoms with Crippen molar-refractivity contribution in [2.75, 3.05) is 4.90 Å². The molecular weight excluding hydrogens is 505 g/mol. The summed E-state index contributed by atoms with van der Waals surface area (Å²) in [4.78, 5) is 2.18. The maximum absolute atomic E-state index is 9.67. The molecule has 0 amide bonds. The molecule has 0 bridgehead atoms. The van der Waals surface area contributed by atoms with E-state index in [1.807, 2.05) is 60.7 Å². The second kappa shape index (κ2) is 10.5. The molecule has 0 aliphatic heterocycles. The van der Waals surface area contributed by atoms with Crippen LogP contribution in [0.2, 0.25) is 0 Å². The van der Waals surface area contributed by atoms with Crippen molar-refractivity contribution >= 4 is 51.6 Å². The molecule has 1 heterocycles. The molecule has 5 heteroatoms. The highest BCUT2D eigenvalue weighted by molar-refractivity contribution is 6.58. The zero-order valence-corrected chi connectivity index (χ0v) is 22.2. The fourth-order valence-electron chi connectivity index (χ4n) is 5.50. The van der Waals surface area contributed by atoms with Gasteiger partial charge in [0.05, 0.1) is 0 Å². The Balaban J connectivity index is 1.36. The molecule has 1 aromatic heterocycles. The summed E-state index contributed by atoms with van der Waals surface area (Å²) in [6.07, 6.45) is 0. The number of furan rings is 1. The number of para-hydroxylation sites is 1. The molecule has 0 unspecified atom stereocenters. The van der Waals surface area contributed by atoms with E-state index in [1.165, 1.54) is 0 Å². The molecule has 0 fully saturated rings. The van der Waals surface area contributed by atoms with E-state index in [9.17, 15) is 10.0 Å². The van der Waals surface area contributed by atoms with E-state index in [-0.39, 0.29) is 0 Å². The van der Waals surface area contributed by atoms with Gasteiger partial charge in [0.1, 0.15) is 11.2 Å². The zero-order chi connectivity index (χ0) is 27.8. The third-order valence-corrected chi connectivity index (χ3v) is 7.50. The molecule has 0 aliphatic rings. The van der Waals surface area contributed by atoms with Gasteiger partial charge in [0, 0.05) is 27.8 Å². The maximum Gasteiger partial charge on any atom is 0.488 e. The van der Waals surface area contributed by atoms with Crippen LogP contribution in [0.5, 0.6) is 0 Å². The van der Waals surface area contributed by atoms with Gasteiger partial charge >= 0.3 is 7.12 Å². The molecule has 4 nitrogen and oxygen atoms in total. The summed E-state index contributed by atoms with van der Waals surface area (Å²) in [5.41, 5.74) is 9.54. The van der Waals surface area contributed by atoms with Crippen molar-refractivity contribution in [3.05, 3.63) is 146 Å². The van der Waals surface area contributed by atoms with E-state index >= 15 is 0 Å². The molecule has 6 aromatic carbocycles. The number of benzene rings is 6. The predicted molar refractivity (Wildman–Crippen MR) is 169 cm³/mol. The Kier molecular flexibility index (Phi) is 6.36. The third kappa shape index (κ3) is 4.68. The topological polar surface area (TPSA) is 56.8 Å². The number of hydrogen-bond donors (Lipinski definition) is 2. The fraction of sp³-hybridized carbons (Fsp3) is 0. The highest BCUT2D eigenvalue weighted by atomic mass is 16.4. The third-order valence-electron chi connectivity index (χ3n) is 7.50. The minimum atomic E-state index is -1.52. The molecule has 7 aromatic rings. The lowest BCUT2D eigenvalue weighted by Crippen LogP contribution is -2.29. The first kappa shape index (κ1) is 24.9. The summed E-state index contributed by atoms with van der Waals surface area (Å²) in [7, 11) is -1.52. The van der Waals surface area contributed by atoms with Crippen molar-refractivity contribution in [3.63, 3.8) is 0 Å². The molecule has 0 saturated heterocycles. The maximum atomic E-state index is 9.67. The van der Waals surface area contributed by atoms with Gasteiger partial charge in [-0.3, -0.25) is 0 Å². The van der Waals surface area contributed by atoms with E-state index in [4.69, 9.17) is 4.42 Å². The number of nitrogens with zero attached hydrogens (tertiary/aromatic N) is 1. The number of anilines is 3. The van der Waals surface area contributed by atoms with Crippen LogP contribution >= 0.6 is 0 Å². The largest absolute Gasteiger partial charge is 0.488 e. The van der Waals surface area contributed by atoms with E-state index < -0.39 is 7.12 Å². The van der Waals surface area contributed by atoms with Crippen LogP contribution in [0.15, 0.2) is 150 Å². The van der Waals surface area contributed by atoms with Crippen molar-refractivity contribution in [1.82, 2.24) is 0 Å². The van der Waals surface area contributed by atoms with Crippen LogP contribution in [0.25, 0.3) is 44.2 Å².